The first-order valence-electron chi connectivity index (χ1n) is 13.3. The Morgan fingerprint density at radius 3 is 1.95 bits per heavy atom. The summed E-state index contributed by atoms with van der Waals surface area (Å²) in [5, 5.41) is 0. The summed E-state index contributed by atoms with van der Waals surface area (Å²) >= 11 is 0. The van der Waals surface area contributed by atoms with E-state index in [2.05, 4.69) is 0 Å². The van der Waals surface area contributed by atoms with Crippen LogP contribution in [-0.2, 0) is 35.0 Å². The van der Waals surface area contributed by atoms with Crippen LogP contribution in [0.1, 0.15) is 72.3 Å². The van der Waals surface area contributed by atoms with Gasteiger partial charge in [-0.25, -0.2) is 9.59 Å². The molecule has 2 unspecified atom stereocenters. The largest absolute Gasteiger partial charge is 0.513 e. The van der Waals surface area contributed by atoms with Crippen molar-refractivity contribution in [1.82, 2.24) is 0 Å². The topological polar surface area (TPSA) is 150 Å². The van der Waals surface area contributed by atoms with Crippen molar-refractivity contribution in [2.24, 2.45) is 17.6 Å². The zero-order valence-corrected chi connectivity index (χ0v) is 23.9. The van der Waals surface area contributed by atoms with E-state index in [0.717, 1.165) is 12.8 Å². The molecule has 0 aromatic heterocycles. The van der Waals surface area contributed by atoms with Gasteiger partial charge in [0.05, 0.1) is 26.9 Å². The van der Waals surface area contributed by atoms with E-state index < -0.39 is 29.8 Å². The molecule has 2 N–H and O–H groups in total. The van der Waals surface area contributed by atoms with Crippen LogP contribution in [-0.4, -0.2) is 56.7 Å². The van der Waals surface area contributed by atoms with E-state index in [1.807, 2.05) is 34.6 Å². The van der Waals surface area contributed by atoms with Gasteiger partial charge in [-0.2, -0.15) is 0 Å². The standard InChI is InChI=1S/C28H43NO10/c1-7-10-24(30)35-14-13-28(29,25(31)34-6)16-21-11-12-22(38-26(32)36-17-19(4)8-2)23(15-21)39-27(33)37-18-20(5)9-3/h11-12,15,19-20H,7-10,13-14,16-18,29H2,1-6H3/t19?,20?,28-/m1/s1. The van der Waals surface area contributed by atoms with Gasteiger partial charge in [-0.1, -0.05) is 53.5 Å². The molecule has 1 rings (SSSR count). The molecule has 1 aromatic rings. The number of carbonyl (C=O) groups excluding carboxylic acids is 4. The van der Waals surface area contributed by atoms with Crippen molar-refractivity contribution >= 4 is 24.2 Å². The van der Waals surface area contributed by atoms with Gasteiger partial charge in [-0.15, -0.1) is 0 Å². The zero-order chi connectivity index (χ0) is 29.4. The normalized spacial score (nSPS) is 13.8. The van der Waals surface area contributed by atoms with E-state index in [1.165, 1.54) is 19.2 Å². The molecule has 0 spiro atoms. The average Bonchev–Trinajstić information content (AvgIpc) is 2.91. The quantitative estimate of drug-likeness (QED) is 0.168. The van der Waals surface area contributed by atoms with Crippen molar-refractivity contribution in [3.8, 4) is 11.5 Å². The first-order chi connectivity index (χ1) is 18.5. The van der Waals surface area contributed by atoms with E-state index in [-0.39, 0.29) is 62.4 Å². The number of nitrogens with two attached hydrogens (primary N) is 1. The number of methoxy groups -OCH3 is 1. The number of hydrogen-bond donors (Lipinski definition) is 1. The summed E-state index contributed by atoms with van der Waals surface area (Å²) in [5.41, 5.74) is 5.31. The van der Waals surface area contributed by atoms with Gasteiger partial charge in [-0.3, -0.25) is 9.59 Å². The molecule has 11 nitrogen and oxygen atoms in total. The Labute approximate surface area is 230 Å². The molecular formula is C28H43NO10. The molecular weight excluding hydrogens is 510 g/mol. The Balaban J connectivity index is 3.15. The van der Waals surface area contributed by atoms with Gasteiger partial charge < -0.3 is 34.2 Å². The smallest absolute Gasteiger partial charge is 0.468 e. The lowest BCUT2D eigenvalue weighted by molar-refractivity contribution is -0.151. The molecule has 220 valence electrons. The first-order valence-corrected chi connectivity index (χ1v) is 13.3. The molecule has 3 atom stereocenters. The number of esters is 2. The van der Waals surface area contributed by atoms with Gasteiger partial charge in [0.25, 0.3) is 0 Å². The minimum atomic E-state index is -1.55. The summed E-state index contributed by atoms with van der Waals surface area (Å²) in [7, 11) is 1.21. The van der Waals surface area contributed by atoms with Crippen molar-refractivity contribution in [3.05, 3.63) is 23.8 Å². The molecule has 0 fully saturated rings. The van der Waals surface area contributed by atoms with Gasteiger partial charge in [0.15, 0.2) is 11.5 Å². The lowest BCUT2D eigenvalue weighted by atomic mass is 9.88. The second-order valence-electron chi connectivity index (χ2n) is 9.68. The highest BCUT2D eigenvalue weighted by atomic mass is 16.7. The molecule has 0 aliphatic rings. The molecule has 1 aromatic carbocycles. The Morgan fingerprint density at radius 2 is 1.44 bits per heavy atom. The predicted octanol–water partition coefficient (Wildman–Crippen LogP) is 4.96. The van der Waals surface area contributed by atoms with Crippen LogP contribution in [0.15, 0.2) is 18.2 Å². The van der Waals surface area contributed by atoms with Gasteiger partial charge in [0.1, 0.15) is 5.54 Å². The molecule has 0 aliphatic carbocycles. The van der Waals surface area contributed by atoms with Crippen molar-refractivity contribution in [3.63, 3.8) is 0 Å². The molecule has 0 saturated heterocycles. The Bertz CT molecular complexity index is 950. The molecule has 0 bridgehead atoms. The number of carbonyl (C=O) groups is 4. The Morgan fingerprint density at radius 1 is 0.872 bits per heavy atom. The highest BCUT2D eigenvalue weighted by molar-refractivity contribution is 5.81. The predicted molar refractivity (Wildman–Crippen MR) is 142 cm³/mol. The maximum Gasteiger partial charge on any atom is 0.513 e. The van der Waals surface area contributed by atoms with Crippen LogP contribution in [0.5, 0.6) is 11.5 Å². The van der Waals surface area contributed by atoms with E-state index in [4.69, 9.17) is 34.2 Å². The average molecular weight is 554 g/mol. The van der Waals surface area contributed by atoms with Gasteiger partial charge in [0, 0.05) is 19.3 Å². The van der Waals surface area contributed by atoms with Crippen molar-refractivity contribution in [2.75, 3.05) is 26.9 Å². The summed E-state index contributed by atoms with van der Waals surface area (Å²) in [6, 6.07) is 4.37. The van der Waals surface area contributed by atoms with Gasteiger partial charge in [0.2, 0.25) is 0 Å². The Kier molecular flexibility index (Phi) is 14.9. The van der Waals surface area contributed by atoms with E-state index in [9.17, 15) is 19.2 Å². The second kappa shape index (κ2) is 17.3. The molecule has 0 aliphatic heterocycles. The van der Waals surface area contributed by atoms with E-state index in [1.54, 1.807) is 6.07 Å². The van der Waals surface area contributed by atoms with Crippen molar-refractivity contribution < 1.29 is 47.6 Å². The molecule has 39 heavy (non-hydrogen) atoms. The monoisotopic (exact) mass is 553 g/mol. The van der Waals surface area contributed by atoms with Crippen LogP contribution in [0.4, 0.5) is 9.59 Å². The van der Waals surface area contributed by atoms with Crippen molar-refractivity contribution in [1.29, 1.82) is 0 Å². The maximum atomic E-state index is 12.6. The van der Waals surface area contributed by atoms with Crippen LogP contribution >= 0.6 is 0 Å². The molecule has 0 saturated carbocycles. The maximum absolute atomic E-state index is 12.6. The van der Waals surface area contributed by atoms with E-state index in [0.29, 0.717) is 12.0 Å². The summed E-state index contributed by atoms with van der Waals surface area (Å²) < 4.78 is 31.0. The number of ether oxygens (including phenoxy) is 6. The summed E-state index contributed by atoms with van der Waals surface area (Å²) in [4.78, 5) is 48.9. The summed E-state index contributed by atoms with van der Waals surface area (Å²) in [6.07, 6.45) is 0.495. The molecule has 0 heterocycles. The van der Waals surface area contributed by atoms with E-state index >= 15 is 0 Å². The minimum Gasteiger partial charge on any atom is -0.468 e. The van der Waals surface area contributed by atoms with Crippen molar-refractivity contribution in [2.45, 2.75) is 78.7 Å². The fraction of sp³-hybridized carbons (Fsp3) is 0.643. The lowest BCUT2D eigenvalue weighted by Crippen LogP contribution is -2.51. The fourth-order valence-electron chi connectivity index (χ4n) is 3.17. The highest BCUT2D eigenvalue weighted by Gasteiger charge is 2.36. The van der Waals surface area contributed by atoms with Crippen LogP contribution in [0.2, 0.25) is 0 Å². The third-order valence-corrected chi connectivity index (χ3v) is 6.14. The van der Waals surface area contributed by atoms with Gasteiger partial charge >= 0.3 is 24.2 Å². The van der Waals surface area contributed by atoms with Crippen LogP contribution in [0.3, 0.4) is 0 Å². The lowest BCUT2D eigenvalue weighted by Gasteiger charge is -2.26. The molecule has 0 amide bonds. The number of benzene rings is 1. The third kappa shape index (κ3) is 12.4. The molecule has 11 heteroatoms. The minimum absolute atomic E-state index is 0.0115. The molecule has 0 radical (unpaired) electrons. The summed E-state index contributed by atoms with van der Waals surface area (Å²) in [6.45, 7) is 9.85. The SMILES string of the molecule is CCCC(=O)OCC[C@@](N)(Cc1ccc(OC(=O)OCC(C)CC)c(OC(=O)OCC(C)CC)c1)C(=O)OC. The van der Waals surface area contributed by atoms with Crippen LogP contribution in [0, 0.1) is 11.8 Å². The first kappa shape index (κ1) is 33.7. The van der Waals surface area contributed by atoms with Gasteiger partial charge in [-0.05, 0) is 36.0 Å². The highest BCUT2D eigenvalue weighted by Crippen LogP contribution is 2.31. The number of rotatable bonds is 16. The second-order valence-corrected chi connectivity index (χ2v) is 9.68. The summed E-state index contributed by atoms with van der Waals surface area (Å²) in [5.74, 6) is -1.04. The zero-order valence-electron chi connectivity index (χ0n) is 23.9. The fourth-order valence-corrected chi connectivity index (χ4v) is 3.17. The van der Waals surface area contributed by atoms with Crippen LogP contribution in [0.25, 0.3) is 0 Å². The van der Waals surface area contributed by atoms with Crippen LogP contribution < -0.4 is 15.2 Å². The number of hydrogen-bond acceptors (Lipinski definition) is 11. The Hall–Kier alpha value is -3.34. The third-order valence-electron chi connectivity index (χ3n) is 6.14.